The Bertz CT molecular complexity index is 587. The molecule has 0 atom stereocenters. The molecule has 0 unspecified atom stereocenters. The van der Waals surface area contributed by atoms with Gasteiger partial charge in [0.25, 0.3) is 0 Å². The molecule has 21 heavy (non-hydrogen) atoms. The topological polar surface area (TPSA) is 60.2 Å². The lowest BCUT2D eigenvalue weighted by atomic mass is 10.0. The summed E-state index contributed by atoms with van der Waals surface area (Å²) >= 11 is 1.31. The summed E-state index contributed by atoms with van der Waals surface area (Å²) in [6.07, 6.45) is 1.33. The highest BCUT2D eigenvalue weighted by Crippen LogP contribution is 2.25. The lowest BCUT2D eigenvalue weighted by Gasteiger charge is -2.18. The third-order valence-electron chi connectivity index (χ3n) is 2.52. The summed E-state index contributed by atoms with van der Waals surface area (Å²) in [6, 6.07) is 6.56. The second-order valence-electron chi connectivity index (χ2n) is 5.97. The molecule has 118 valence electrons. The molecular weight excluding hydrogens is 309 g/mol. The van der Waals surface area contributed by atoms with Crippen LogP contribution in [0.3, 0.4) is 0 Å². The third kappa shape index (κ3) is 6.63. The summed E-state index contributed by atoms with van der Waals surface area (Å²) in [5.41, 5.74) is 4.93. The van der Waals surface area contributed by atoms with Crippen molar-refractivity contribution in [3.05, 3.63) is 36.2 Å². The van der Waals surface area contributed by atoms with Gasteiger partial charge in [0.15, 0.2) is 9.84 Å². The average Bonchev–Trinajstić information content (AvgIpc) is 2.34. The quantitative estimate of drug-likeness (QED) is 0.812. The van der Waals surface area contributed by atoms with E-state index in [-0.39, 0.29) is 29.3 Å². The molecule has 1 aromatic rings. The second-order valence-corrected chi connectivity index (χ2v) is 9.00. The van der Waals surface area contributed by atoms with Crippen molar-refractivity contribution in [2.24, 2.45) is 11.1 Å². The van der Waals surface area contributed by atoms with Crippen LogP contribution in [0, 0.1) is 5.41 Å². The predicted octanol–water partition coefficient (Wildman–Crippen LogP) is 3.41. The maximum atomic E-state index is 13.2. The largest absolute Gasteiger partial charge is 0.327 e. The molecular formula is C15H22FNO2S2. The molecule has 0 aliphatic rings. The maximum Gasteiger partial charge on any atom is 0.178 e. The van der Waals surface area contributed by atoms with E-state index in [1.165, 1.54) is 17.8 Å². The molecule has 0 saturated carbocycles. The van der Waals surface area contributed by atoms with Crippen LogP contribution in [0.4, 0.5) is 4.39 Å². The van der Waals surface area contributed by atoms with Gasteiger partial charge in [-0.25, -0.2) is 12.8 Å². The summed E-state index contributed by atoms with van der Waals surface area (Å²) in [4.78, 5) is 1.13. The number of thioether (sulfide) groups is 1. The van der Waals surface area contributed by atoms with Gasteiger partial charge < -0.3 is 5.73 Å². The molecule has 0 aliphatic carbocycles. The highest BCUT2D eigenvalue weighted by Gasteiger charge is 2.23. The molecule has 0 amide bonds. The summed E-state index contributed by atoms with van der Waals surface area (Å²) in [7, 11) is -3.29. The number of hydrogen-bond donors (Lipinski definition) is 1. The Balaban J connectivity index is 2.76. The normalized spacial score (nSPS) is 13.5. The predicted molar refractivity (Wildman–Crippen MR) is 86.9 cm³/mol. The number of rotatable bonds is 6. The molecule has 0 aliphatic heterocycles. The van der Waals surface area contributed by atoms with Gasteiger partial charge in [0.1, 0.15) is 5.83 Å². The zero-order chi connectivity index (χ0) is 16.1. The van der Waals surface area contributed by atoms with Crippen molar-refractivity contribution in [3.8, 4) is 0 Å². The van der Waals surface area contributed by atoms with Gasteiger partial charge in [-0.05, 0) is 35.8 Å². The molecule has 6 heteroatoms. The van der Waals surface area contributed by atoms with E-state index in [0.717, 1.165) is 4.90 Å². The van der Waals surface area contributed by atoms with E-state index in [0.29, 0.717) is 4.90 Å². The fourth-order valence-electron chi connectivity index (χ4n) is 1.74. The molecule has 0 spiro atoms. The first-order chi connectivity index (χ1) is 9.64. The average molecular weight is 331 g/mol. The van der Waals surface area contributed by atoms with Gasteiger partial charge in [-0.15, -0.1) is 11.8 Å². The lowest BCUT2D eigenvalue weighted by Crippen LogP contribution is -2.20. The fourth-order valence-corrected chi connectivity index (χ4v) is 4.34. The SMILES string of the molecule is CC(C)(C)CS(=O)(=O)c1ccc(SCC(F)=CCN)cc1. The van der Waals surface area contributed by atoms with Crippen molar-refractivity contribution in [3.63, 3.8) is 0 Å². The smallest absolute Gasteiger partial charge is 0.178 e. The summed E-state index contributed by atoms with van der Waals surface area (Å²) in [5.74, 6) is 0.0259. The van der Waals surface area contributed by atoms with Gasteiger partial charge in [0.2, 0.25) is 0 Å². The van der Waals surface area contributed by atoms with Gasteiger partial charge >= 0.3 is 0 Å². The van der Waals surface area contributed by atoms with Crippen molar-refractivity contribution in [1.29, 1.82) is 0 Å². The summed E-state index contributed by atoms with van der Waals surface area (Å²) in [5, 5.41) is 0. The third-order valence-corrected chi connectivity index (χ3v) is 5.78. The molecule has 1 rings (SSSR count). The van der Waals surface area contributed by atoms with E-state index in [1.807, 2.05) is 20.8 Å². The minimum Gasteiger partial charge on any atom is -0.327 e. The van der Waals surface area contributed by atoms with E-state index in [9.17, 15) is 12.8 Å². The van der Waals surface area contributed by atoms with Gasteiger partial charge in [0, 0.05) is 17.2 Å². The molecule has 2 N–H and O–H groups in total. The van der Waals surface area contributed by atoms with E-state index >= 15 is 0 Å². The number of hydrogen-bond acceptors (Lipinski definition) is 4. The summed E-state index contributed by atoms with van der Waals surface area (Å²) in [6.45, 7) is 5.85. The molecule has 0 bridgehead atoms. The first kappa shape index (κ1) is 18.2. The Labute approximate surface area is 130 Å². The number of benzene rings is 1. The standard InChI is InChI=1S/C15H22FNO2S2/c1-15(2,3)11-21(18,19)14-6-4-13(5-7-14)20-10-12(16)8-9-17/h4-8H,9-11,17H2,1-3H3. The van der Waals surface area contributed by atoms with Crippen molar-refractivity contribution in [1.82, 2.24) is 0 Å². The van der Waals surface area contributed by atoms with Crippen LogP contribution in [0.15, 0.2) is 46.0 Å². The van der Waals surface area contributed by atoms with E-state index in [1.54, 1.807) is 24.3 Å². The van der Waals surface area contributed by atoms with Gasteiger partial charge in [-0.1, -0.05) is 20.8 Å². The minimum atomic E-state index is -3.29. The number of nitrogens with two attached hydrogens (primary N) is 1. The Morgan fingerprint density at radius 2 is 1.86 bits per heavy atom. The lowest BCUT2D eigenvalue weighted by molar-refractivity contribution is 0.461. The van der Waals surface area contributed by atoms with Crippen LogP contribution >= 0.6 is 11.8 Å². The van der Waals surface area contributed by atoms with Gasteiger partial charge in [-0.2, -0.15) is 0 Å². The molecule has 0 radical (unpaired) electrons. The zero-order valence-corrected chi connectivity index (χ0v) is 14.2. The van der Waals surface area contributed by atoms with Crippen molar-refractivity contribution in [2.45, 2.75) is 30.6 Å². The first-order valence-corrected chi connectivity index (χ1v) is 9.28. The molecule has 0 saturated heterocycles. The van der Waals surface area contributed by atoms with Gasteiger partial charge in [0.05, 0.1) is 10.6 Å². The molecule has 0 aromatic heterocycles. The monoisotopic (exact) mass is 331 g/mol. The van der Waals surface area contributed by atoms with Crippen LogP contribution in [0.1, 0.15) is 20.8 Å². The Hall–Kier alpha value is -0.850. The van der Waals surface area contributed by atoms with Crippen LogP contribution in [0.25, 0.3) is 0 Å². The van der Waals surface area contributed by atoms with Crippen LogP contribution in [0.5, 0.6) is 0 Å². The molecule has 3 nitrogen and oxygen atoms in total. The van der Waals surface area contributed by atoms with Crippen LogP contribution in [0.2, 0.25) is 0 Å². The van der Waals surface area contributed by atoms with E-state index < -0.39 is 9.84 Å². The van der Waals surface area contributed by atoms with E-state index in [2.05, 4.69) is 0 Å². The highest BCUT2D eigenvalue weighted by molar-refractivity contribution is 7.99. The van der Waals surface area contributed by atoms with Crippen molar-refractivity contribution < 1.29 is 12.8 Å². The van der Waals surface area contributed by atoms with Crippen LogP contribution in [-0.2, 0) is 9.84 Å². The van der Waals surface area contributed by atoms with Crippen molar-refractivity contribution >= 4 is 21.6 Å². The molecule has 1 aromatic carbocycles. The molecule has 0 fully saturated rings. The second kappa shape index (κ2) is 7.42. The van der Waals surface area contributed by atoms with Crippen molar-refractivity contribution in [2.75, 3.05) is 18.1 Å². The number of halogens is 1. The van der Waals surface area contributed by atoms with Crippen LogP contribution in [-0.4, -0.2) is 26.5 Å². The fraction of sp³-hybridized carbons (Fsp3) is 0.467. The number of sulfone groups is 1. The van der Waals surface area contributed by atoms with Crippen LogP contribution < -0.4 is 5.73 Å². The maximum absolute atomic E-state index is 13.2. The van der Waals surface area contributed by atoms with Gasteiger partial charge in [-0.3, -0.25) is 0 Å². The first-order valence-electron chi connectivity index (χ1n) is 6.64. The highest BCUT2D eigenvalue weighted by atomic mass is 32.2. The Morgan fingerprint density at radius 1 is 1.29 bits per heavy atom. The van der Waals surface area contributed by atoms with E-state index in [4.69, 9.17) is 5.73 Å². The zero-order valence-electron chi connectivity index (χ0n) is 12.6. The summed E-state index contributed by atoms with van der Waals surface area (Å²) < 4.78 is 37.6. The molecule has 0 heterocycles. The Morgan fingerprint density at radius 3 is 2.33 bits per heavy atom. The Kier molecular flexibility index (Phi) is 6.43. The minimum absolute atomic E-state index is 0.0976.